The zero-order chi connectivity index (χ0) is 21.7. The van der Waals surface area contributed by atoms with Crippen LogP contribution in [0.25, 0.3) is 5.76 Å². The molecule has 5 heteroatoms. The molecule has 0 unspecified atom stereocenters. The number of hydrogen-bond donors (Lipinski definition) is 0. The summed E-state index contributed by atoms with van der Waals surface area (Å²) in [6.45, 7) is 0. The van der Waals surface area contributed by atoms with Gasteiger partial charge in [0.05, 0.1) is 10.7 Å². The SMILES string of the molecule is O=[N+]([O-])c1ccc(/C([O-])=C/[P+](c2ccccc2)(c2ccccc2)c2ccccc2)cc1. The van der Waals surface area contributed by atoms with E-state index >= 15 is 0 Å². The summed E-state index contributed by atoms with van der Waals surface area (Å²) in [6, 6.07) is 36.0. The Balaban J connectivity index is 1.98. The molecule has 0 spiro atoms. The highest BCUT2D eigenvalue weighted by Crippen LogP contribution is 2.57. The molecule has 0 bridgehead atoms. The number of nitrogens with zero attached hydrogens (tertiary/aromatic N) is 1. The third-order valence-corrected chi connectivity index (χ3v) is 9.12. The van der Waals surface area contributed by atoms with Crippen LogP contribution in [0.2, 0.25) is 0 Å². The number of hydrogen-bond acceptors (Lipinski definition) is 3. The van der Waals surface area contributed by atoms with E-state index in [9.17, 15) is 15.2 Å². The standard InChI is InChI=1S/C26H20NO3P/c28-26(21-16-18-22(19-17-21)27(29)30)20-31(23-10-4-1-5-11-23,24-12-6-2-7-13-24)25-14-8-3-9-15-25/h1-20H/b26-20-. The number of nitro benzene ring substituents is 1. The van der Waals surface area contributed by atoms with Crippen molar-refractivity contribution in [2.75, 3.05) is 0 Å². The van der Waals surface area contributed by atoms with Crippen LogP contribution in [0.15, 0.2) is 121 Å². The molecule has 4 nitrogen and oxygen atoms in total. The van der Waals surface area contributed by atoms with Gasteiger partial charge in [0.1, 0.15) is 23.2 Å². The summed E-state index contributed by atoms with van der Waals surface area (Å²) in [5.41, 5.74) is 0.393. The van der Waals surface area contributed by atoms with Gasteiger partial charge in [-0.1, -0.05) is 60.4 Å². The lowest BCUT2D eigenvalue weighted by molar-refractivity contribution is -0.384. The van der Waals surface area contributed by atoms with E-state index in [0.717, 1.165) is 15.9 Å². The molecule has 4 aromatic carbocycles. The summed E-state index contributed by atoms with van der Waals surface area (Å²) in [5.74, 6) is 1.67. The second-order valence-electron chi connectivity index (χ2n) is 7.03. The third kappa shape index (κ3) is 4.11. The van der Waals surface area contributed by atoms with Crippen LogP contribution in [0.4, 0.5) is 5.69 Å². The van der Waals surface area contributed by atoms with Crippen LogP contribution in [0, 0.1) is 10.1 Å². The molecular formula is C26H20NO3P. The van der Waals surface area contributed by atoms with Crippen LogP contribution in [0.5, 0.6) is 0 Å². The van der Waals surface area contributed by atoms with Crippen molar-refractivity contribution < 1.29 is 10.0 Å². The maximum absolute atomic E-state index is 13.5. The van der Waals surface area contributed by atoms with Crippen molar-refractivity contribution in [3.05, 3.63) is 137 Å². The van der Waals surface area contributed by atoms with Crippen LogP contribution in [0.3, 0.4) is 0 Å². The predicted molar refractivity (Wildman–Crippen MR) is 126 cm³/mol. The topological polar surface area (TPSA) is 66.2 Å². The second-order valence-corrected chi connectivity index (χ2v) is 10.3. The van der Waals surface area contributed by atoms with Gasteiger partial charge in [-0.15, -0.1) is 0 Å². The molecular weight excluding hydrogens is 405 g/mol. The molecule has 0 aliphatic heterocycles. The van der Waals surface area contributed by atoms with Gasteiger partial charge in [0.15, 0.2) is 0 Å². The monoisotopic (exact) mass is 425 g/mol. The van der Waals surface area contributed by atoms with Gasteiger partial charge in [0, 0.05) is 12.1 Å². The van der Waals surface area contributed by atoms with Gasteiger partial charge in [-0.2, -0.15) is 0 Å². The molecule has 0 aliphatic carbocycles. The maximum atomic E-state index is 13.5. The van der Waals surface area contributed by atoms with Gasteiger partial charge in [0.25, 0.3) is 5.69 Å². The minimum atomic E-state index is -2.41. The van der Waals surface area contributed by atoms with Crippen molar-refractivity contribution in [1.29, 1.82) is 0 Å². The lowest BCUT2D eigenvalue weighted by Gasteiger charge is -2.26. The van der Waals surface area contributed by atoms with Crippen LogP contribution >= 0.6 is 7.26 Å². The highest BCUT2D eigenvalue weighted by atomic mass is 31.2. The minimum Gasteiger partial charge on any atom is -0.870 e. The molecule has 0 fully saturated rings. The van der Waals surface area contributed by atoms with Crippen molar-refractivity contribution in [2.45, 2.75) is 0 Å². The van der Waals surface area contributed by atoms with Crippen molar-refractivity contribution >= 4 is 34.6 Å². The lowest BCUT2D eigenvalue weighted by atomic mass is 10.2. The number of rotatable bonds is 6. The first-order valence-corrected chi connectivity index (χ1v) is 11.7. The summed E-state index contributed by atoms with van der Waals surface area (Å²) >= 11 is 0. The largest absolute Gasteiger partial charge is 0.870 e. The van der Waals surface area contributed by atoms with Gasteiger partial charge in [-0.25, -0.2) is 0 Å². The van der Waals surface area contributed by atoms with Crippen molar-refractivity contribution in [2.24, 2.45) is 0 Å². The smallest absolute Gasteiger partial charge is 0.269 e. The van der Waals surface area contributed by atoms with Crippen LogP contribution in [0.1, 0.15) is 5.56 Å². The molecule has 0 amide bonds. The summed E-state index contributed by atoms with van der Waals surface area (Å²) in [6.07, 6.45) is 0. The van der Waals surface area contributed by atoms with E-state index in [1.807, 2.05) is 60.4 Å². The Morgan fingerprint density at radius 1 is 0.645 bits per heavy atom. The van der Waals surface area contributed by atoms with Crippen LogP contribution in [-0.2, 0) is 0 Å². The molecule has 0 aliphatic rings. The van der Waals surface area contributed by atoms with Crippen molar-refractivity contribution in [3.8, 4) is 0 Å². The number of non-ortho nitro benzene ring substituents is 1. The third-order valence-electron chi connectivity index (χ3n) is 5.16. The predicted octanol–water partition coefficient (Wildman–Crippen LogP) is 4.25. The van der Waals surface area contributed by atoms with E-state index < -0.39 is 12.2 Å². The quantitative estimate of drug-likeness (QED) is 0.201. The molecule has 31 heavy (non-hydrogen) atoms. The van der Waals surface area contributed by atoms with Crippen LogP contribution < -0.4 is 21.0 Å². The van der Waals surface area contributed by atoms with Gasteiger partial charge >= 0.3 is 0 Å². The second kappa shape index (κ2) is 8.95. The van der Waals surface area contributed by atoms with Gasteiger partial charge in [0.2, 0.25) is 0 Å². The van der Waals surface area contributed by atoms with E-state index in [2.05, 4.69) is 36.4 Å². The normalized spacial score (nSPS) is 11.8. The molecule has 4 aromatic rings. The van der Waals surface area contributed by atoms with Gasteiger partial charge < -0.3 is 5.11 Å². The molecule has 4 rings (SSSR count). The Morgan fingerprint density at radius 3 is 1.39 bits per heavy atom. The first-order chi connectivity index (χ1) is 15.1. The molecule has 0 radical (unpaired) electrons. The molecule has 0 atom stereocenters. The van der Waals surface area contributed by atoms with E-state index in [1.165, 1.54) is 24.3 Å². The first-order valence-electron chi connectivity index (χ1n) is 9.81. The Bertz CT molecular complexity index is 1100. The fourth-order valence-corrected chi connectivity index (χ4v) is 7.43. The summed E-state index contributed by atoms with van der Waals surface area (Å²) in [4.78, 5) is 10.5. The summed E-state index contributed by atoms with van der Waals surface area (Å²) < 4.78 is 0. The van der Waals surface area contributed by atoms with Gasteiger partial charge in [-0.05, 0) is 54.1 Å². The fraction of sp³-hybridized carbons (Fsp3) is 0. The van der Waals surface area contributed by atoms with Crippen molar-refractivity contribution in [3.63, 3.8) is 0 Å². The molecule has 0 aromatic heterocycles. The zero-order valence-electron chi connectivity index (χ0n) is 16.7. The minimum absolute atomic E-state index is 0.0354. The Labute approximate surface area is 181 Å². The first kappa shape index (κ1) is 20.5. The average Bonchev–Trinajstić information content (AvgIpc) is 2.84. The Morgan fingerprint density at radius 2 is 1.03 bits per heavy atom. The molecule has 152 valence electrons. The summed E-state index contributed by atoms with van der Waals surface area (Å²) in [5, 5.41) is 27.7. The maximum Gasteiger partial charge on any atom is 0.269 e. The highest BCUT2D eigenvalue weighted by Gasteiger charge is 2.43. The van der Waals surface area contributed by atoms with Crippen molar-refractivity contribution in [1.82, 2.24) is 0 Å². The number of nitro groups is 1. The molecule has 0 heterocycles. The van der Waals surface area contributed by atoms with E-state index in [4.69, 9.17) is 0 Å². The lowest BCUT2D eigenvalue weighted by Crippen LogP contribution is -2.30. The van der Waals surface area contributed by atoms with Crippen LogP contribution in [-0.4, -0.2) is 4.92 Å². The van der Waals surface area contributed by atoms with E-state index in [1.54, 1.807) is 0 Å². The van der Waals surface area contributed by atoms with Gasteiger partial charge in [-0.3, -0.25) is 10.1 Å². The van der Waals surface area contributed by atoms with E-state index in [0.29, 0.717) is 5.56 Å². The molecule has 0 N–H and O–H groups in total. The molecule has 0 saturated heterocycles. The van der Waals surface area contributed by atoms with E-state index in [-0.39, 0.29) is 11.4 Å². The highest BCUT2D eigenvalue weighted by molar-refractivity contribution is 7.98. The fourth-order valence-electron chi connectivity index (χ4n) is 3.66. The Kier molecular flexibility index (Phi) is 5.92. The average molecular weight is 425 g/mol. The molecule has 0 saturated carbocycles. The number of benzene rings is 4. The Hall–Kier alpha value is -3.75. The zero-order valence-corrected chi connectivity index (χ0v) is 17.6. The summed E-state index contributed by atoms with van der Waals surface area (Å²) in [7, 11) is -2.41.